The Morgan fingerprint density at radius 2 is 1.65 bits per heavy atom. The van der Waals surface area contributed by atoms with Gasteiger partial charge in [-0.05, 0) is 17.7 Å². The molecule has 2 amide bonds. The smallest absolute Gasteiger partial charge is 0.270 e. The van der Waals surface area contributed by atoms with Crippen LogP contribution in [-0.4, -0.2) is 59.3 Å². The Balaban J connectivity index is 1.38. The first kappa shape index (κ1) is 16.8. The Kier molecular flexibility index (Phi) is 4.73. The van der Waals surface area contributed by atoms with E-state index in [9.17, 15) is 9.59 Å². The lowest BCUT2D eigenvalue weighted by atomic mass is 9.93. The molecule has 26 heavy (non-hydrogen) atoms. The molecular formula is C19H23N5O2. The van der Waals surface area contributed by atoms with Gasteiger partial charge >= 0.3 is 0 Å². The van der Waals surface area contributed by atoms with Gasteiger partial charge in [0.2, 0.25) is 5.91 Å². The minimum absolute atomic E-state index is 0.00605. The van der Waals surface area contributed by atoms with Crippen LogP contribution in [-0.2, 0) is 4.79 Å². The SMILES string of the molecule is O=C(c1ccc[nH]1)N1CCN(C(=O)C2CNNC2c2ccccc2)CC1. The third-order valence-corrected chi connectivity index (χ3v) is 5.16. The number of carbonyl (C=O) groups excluding carboxylic acids is 2. The zero-order valence-corrected chi connectivity index (χ0v) is 14.5. The highest BCUT2D eigenvalue weighted by Gasteiger charge is 2.37. The van der Waals surface area contributed by atoms with Gasteiger partial charge in [-0.1, -0.05) is 30.3 Å². The van der Waals surface area contributed by atoms with Crippen molar-refractivity contribution in [3.63, 3.8) is 0 Å². The Bertz CT molecular complexity index is 754. The molecule has 7 nitrogen and oxygen atoms in total. The number of nitrogens with zero attached hydrogens (tertiary/aromatic N) is 2. The largest absolute Gasteiger partial charge is 0.357 e. The molecule has 2 atom stereocenters. The minimum atomic E-state index is -0.136. The normalized spacial score (nSPS) is 23.2. The second-order valence-electron chi connectivity index (χ2n) is 6.72. The van der Waals surface area contributed by atoms with Crippen LogP contribution in [0.3, 0.4) is 0 Å². The summed E-state index contributed by atoms with van der Waals surface area (Å²) < 4.78 is 0. The Hall–Kier alpha value is -2.64. The summed E-state index contributed by atoms with van der Waals surface area (Å²) in [5.41, 5.74) is 8.05. The van der Waals surface area contributed by atoms with Gasteiger partial charge < -0.3 is 14.8 Å². The van der Waals surface area contributed by atoms with E-state index in [-0.39, 0.29) is 23.8 Å². The molecule has 2 aromatic rings. The molecule has 2 fully saturated rings. The number of hydrazine groups is 1. The highest BCUT2D eigenvalue weighted by Crippen LogP contribution is 2.26. The van der Waals surface area contributed by atoms with Gasteiger partial charge in [-0.3, -0.25) is 15.0 Å². The Morgan fingerprint density at radius 3 is 2.35 bits per heavy atom. The number of piperazine rings is 1. The summed E-state index contributed by atoms with van der Waals surface area (Å²) in [7, 11) is 0. The third-order valence-electron chi connectivity index (χ3n) is 5.16. The molecule has 0 saturated carbocycles. The zero-order valence-electron chi connectivity index (χ0n) is 14.5. The van der Waals surface area contributed by atoms with Gasteiger partial charge in [0.15, 0.2) is 0 Å². The van der Waals surface area contributed by atoms with E-state index < -0.39 is 0 Å². The van der Waals surface area contributed by atoms with Gasteiger partial charge in [0, 0.05) is 38.9 Å². The fourth-order valence-corrected chi connectivity index (χ4v) is 3.70. The first-order valence-electron chi connectivity index (χ1n) is 8.99. The molecule has 3 N–H and O–H groups in total. The first-order valence-corrected chi connectivity index (χ1v) is 8.99. The average Bonchev–Trinajstić information content (AvgIpc) is 3.39. The molecule has 7 heteroatoms. The number of benzene rings is 1. The second kappa shape index (κ2) is 7.31. The van der Waals surface area contributed by atoms with Crippen LogP contribution in [0.15, 0.2) is 48.7 Å². The zero-order chi connectivity index (χ0) is 17.9. The molecule has 2 aliphatic rings. The van der Waals surface area contributed by atoms with Crippen LogP contribution >= 0.6 is 0 Å². The first-order chi connectivity index (χ1) is 12.7. The highest BCUT2D eigenvalue weighted by atomic mass is 16.2. The molecule has 0 aliphatic carbocycles. The lowest BCUT2D eigenvalue weighted by molar-refractivity contribution is -0.137. The highest BCUT2D eigenvalue weighted by molar-refractivity contribution is 5.92. The van der Waals surface area contributed by atoms with Crippen molar-refractivity contribution in [3.8, 4) is 0 Å². The van der Waals surface area contributed by atoms with Crippen LogP contribution in [0.1, 0.15) is 22.1 Å². The maximum Gasteiger partial charge on any atom is 0.270 e. The number of hydrogen-bond acceptors (Lipinski definition) is 4. The van der Waals surface area contributed by atoms with Gasteiger partial charge in [-0.25, -0.2) is 5.43 Å². The second-order valence-corrected chi connectivity index (χ2v) is 6.72. The standard InChI is InChI=1S/C19H23N5O2/c25-18(15-13-21-22-17(15)14-5-2-1-3-6-14)23-9-11-24(12-10-23)19(26)16-7-4-8-20-16/h1-8,15,17,20-22H,9-13H2. The Labute approximate surface area is 152 Å². The van der Waals surface area contributed by atoms with Crippen molar-refractivity contribution in [2.45, 2.75) is 6.04 Å². The summed E-state index contributed by atoms with van der Waals surface area (Å²) in [6, 6.07) is 13.6. The number of aromatic amines is 1. The van der Waals surface area contributed by atoms with Crippen molar-refractivity contribution in [1.82, 2.24) is 25.6 Å². The van der Waals surface area contributed by atoms with Crippen molar-refractivity contribution in [3.05, 3.63) is 59.9 Å². The fraction of sp³-hybridized carbons (Fsp3) is 0.368. The van der Waals surface area contributed by atoms with Gasteiger partial charge in [-0.15, -0.1) is 0 Å². The maximum absolute atomic E-state index is 13.0. The van der Waals surface area contributed by atoms with Crippen molar-refractivity contribution in [2.75, 3.05) is 32.7 Å². The number of H-pyrrole nitrogens is 1. The van der Waals surface area contributed by atoms with E-state index in [2.05, 4.69) is 15.8 Å². The number of nitrogens with one attached hydrogen (secondary N) is 3. The number of carbonyl (C=O) groups is 2. The average molecular weight is 353 g/mol. The van der Waals surface area contributed by atoms with Crippen LogP contribution in [0.2, 0.25) is 0 Å². The lowest BCUT2D eigenvalue weighted by Gasteiger charge is -2.36. The summed E-state index contributed by atoms with van der Waals surface area (Å²) in [4.78, 5) is 32.1. The van der Waals surface area contributed by atoms with Gasteiger partial charge in [0.1, 0.15) is 5.69 Å². The van der Waals surface area contributed by atoms with E-state index in [0.29, 0.717) is 38.4 Å². The minimum Gasteiger partial charge on any atom is -0.357 e. The summed E-state index contributed by atoms with van der Waals surface area (Å²) >= 11 is 0. The van der Waals surface area contributed by atoms with Crippen molar-refractivity contribution in [2.24, 2.45) is 5.92 Å². The molecular weight excluding hydrogens is 330 g/mol. The maximum atomic E-state index is 13.0. The number of aromatic nitrogens is 1. The van der Waals surface area contributed by atoms with Gasteiger partial charge in [0.05, 0.1) is 12.0 Å². The molecule has 0 spiro atoms. The molecule has 2 saturated heterocycles. The van der Waals surface area contributed by atoms with Gasteiger partial charge in [0.25, 0.3) is 5.91 Å². The van der Waals surface area contributed by atoms with E-state index in [1.807, 2.05) is 41.3 Å². The van der Waals surface area contributed by atoms with Crippen molar-refractivity contribution < 1.29 is 9.59 Å². The quantitative estimate of drug-likeness (QED) is 0.761. The van der Waals surface area contributed by atoms with Gasteiger partial charge in [-0.2, -0.15) is 0 Å². The molecule has 0 bridgehead atoms. The molecule has 0 radical (unpaired) electrons. The number of amides is 2. The molecule has 2 aliphatic heterocycles. The summed E-state index contributed by atoms with van der Waals surface area (Å²) in [5.74, 6) is -0.000143. The van der Waals surface area contributed by atoms with Crippen molar-refractivity contribution in [1.29, 1.82) is 0 Å². The summed E-state index contributed by atoms with van der Waals surface area (Å²) in [5, 5.41) is 0. The van der Waals surface area contributed by atoms with Crippen LogP contribution in [0.5, 0.6) is 0 Å². The van der Waals surface area contributed by atoms with Crippen LogP contribution < -0.4 is 10.9 Å². The van der Waals surface area contributed by atoms with E-state index in [4.69, 9.17) is 0 Å². The van der Waals surface area contributed by atoms with Crippen LogP contribution in [0.4, 0.5) is 0 Å². The van der Waals surface area contributed by atoms with E-state index in [1.54, 1.807) is 17.2 Å². The summed E-state index contributed by atoms with van der Waals surface area (Å²) in [6.07, 6.45) is 1.75. The van der Waals surface area contributed by atoms with Crippen molar-refractivity contribution >= 4 is 11.8 Å². The number of hydrogen-bond donors (Lipinski definition) is 3. The fourth-order valence-electron chi connectivity index (χ4n) is 3.70. The molecule has 4 rings (SSSR count). The van der Waals surface area contributed by atoms with Crippen LogP contribution in [0.25, 0.3) is 0 Å². The topological polar surface area (TPSA) is 80.5 Å². The molecule has 136 valence electrons. The molecule has 1 aromatic heterocycles. The van der Waals surface area contributed by atoms with E-state index in [1.165, 1.54) is 0 Å². The molecule has 2 unspecified atom stereocenters. The Morgan fingerprint density at radius 1 is 0.923 bits per heavy atom. The summed E-state index contributed by atoms with van der Waals surface area (Å²) in [6.45, 7) is 2.88. The van der Waals surface area contributed by atoms with E-state index >= 15 is 0 Å². The third kappa shape index (κ3) is 3.23. The van der Waals surface area contributed by atoms with E-state index in [0.717, 1.165) is 5.56 Å². The monoisotopic (exact) mass is 353 g/mol. The molecule has 3 heterocycles. The molecule has 1 aromatic carbocycles. The predicted octanol–water partition coefficient (Wildman–Crippen LogP) is 0.764. The number of rotatable bonds is 3. The van der Waals surface area contributed by atoms with Crippen LogP contribution in [0, 0.1) is 5.92 Å². The predicted molar refractivity (Wildman–Crippen MR) is 97.1 cm³/mol. The lowest BCUT2D eigenvalue weighted by Crippen LogP contribution is -2.52.